The van der Waals surface area contributed by atoms with Crippen LogP contribution in [-0.4, -0.2) is 22.8 Å². The van der Waals surface area contributed by atoms with Gasteiger partial charge in [0.2, 0.25) is 4.33 Å². The van der Waals surface area contributed by atoms with E-state index in [0.29, 0.717) is 0 Å². The first-order chi connectivity index (χ1) is 5.48. The van der Waals surface area contributed by atoms with Crippen LogP contribution in [0.5, 0.6) is 0 Å². The van der Waals surface area contributed by atoms with Crippen LogP contribution in [0.4, 0.5) is 0 Å². The maximum Gasteiger partial charge on any atom is 0.343 e. The van der Waals surface area contributed by atoms with Crippen LogP contribution >= 0.6 is 34.8 Å². The first kappa shape index (κ1) is 11.9. The second kappa shape index (κ2) is 5.53. The van der Waals surface area contributed by atoms with E-state index in [1.54, 1.807) is 0 Å². The summed E-state index contributed by atoms with van der Waals surface area (Å²) in [6.45, 7) is 1.29. The molecule has 68 valence electrons. The molecule has 2 nitrogen and oxygen atoms in total. The summed E-state index contributed by atoms with van der Waals surface area (Å²) >= 11 is 16.1. The van der Waals surface area contributed by atoms with Crippen LogP contribution < -0.4 is 0 Å². The molecule has 0 saturated heterocycles. The highest BCUT2D eigenvalue weighted by Crippen LogP contribution is 2.20. The monoisotopic (exact) mass is 228 g/mol. The standard InChI is InChI=1S/C7H7Cl3O2/c1-7(9,10)6(11)12-5-3-2-4-8/h4-5H2,1H3. The highest BCUT2D eigenvalue weighted by Gasteiger charge is 2.28. The summed E-state index contributed by atoms with van der Waals surface area (Å²) in [5.74, 6) is 4.49. The zero-order valence-electron chi connectivity index (χ0n) is 6.36. The lowest BCUT2D eigenvalue weighted by Gasteiger charge is -2.09. The molecule has 0 spiro atoms. The zero-order chi connectivity index (χ0) is 9.61. The SMILES string of the molecule is CC(Cl)(Cl)C(=O)OCC#CCCl. The number of ether oxygens (including phenoxy) is 1. The van der Waals surface area contributed by atoms with Crippen molar-refractivity contribution in [1.29, 1.82) is 0 Å². The molecule has 0 heterocycles. The van der Waals surface area contributed by atoms with Gasteiger partial charge < -0.3 is 4.74 Å². The van der Waals surface area contributed by atoms with E-state index in [-0.39, 0.29) is 12.5 Å². The van der Waals surface area contributed by atoms with Crippen LogP contribution in [0.1, 0.15) is 6.92 Å². The van der Waals surface area contributed by atoms with Crippen LogP contribution in [0, 0.1) is 11.8 Å². The maximum absolute atomic E-state index is 10.8. The molecule has 0 aliphatic heterocycles. The quantitative estimate of drug-likeness (QED) is 0.411. The minimum Gasteiger partial charge on any atom is -0.450 e. The van der Waals surface area contributed by atoms with E-state index in [4.69, 9.17) is 34.8 Å². The van der Waals surface area contributed by atoms with Gasteiger partial charge in [0, 0.05) is 0 Å². The number of hydrogen-bond donors (Lipinski definition) is 0. The van der Waals surface area contributed by atoms with Gasteiger partial charge in [0.05, 0.1) is 5.88 Å². The Bertz CT molecular complexity index is 209. The van der Waals surface area contributed by atoms with Crippen LogP contribution in [0.25, 0.3) is 0 Å². The van der Waals surface area contributed by atoms with E-state index in [9.17, 15) is 4.79 Å². The van der Waals surface area contributed by atoms with Gasteiger partial charge >= 0.3 is 5.97 Å². The Morgan fingerprint density at radius 2 is 2.08 bits per heavy atom. The molecule has 5 heteroatoms. The second-order valence-corrected chi connectivity index (χ2v) is 3.92. The number of halogens is 3. The number of carbonyl (C=O) groups is 1. The van der Waals surface area contributed by atoms with Crippen molar-refractivity contribution in [3.63, 3.8) is 0 Å². The smallest absolute Gasteiger partial charge is 0.343 e. The van der Waals surface area contributed by atoms with E-state index in [0.717, 1.165) is 0 Å². The molecule has 0 atom stereocenters. The molecule has 0 amide bonds. The fourth-order valence-electron chi connectivity index (χ4n) is 0.327. The molecule has 0 bridgehead atoms. The third kappa shape index (κ3) is 5.54. The Kier molecular flexibility index (Phi) is 5.48. The van der Waals surface area contributed by atoms with E-state index in [2.05, 4.69) is 16.6 Å². The average molecular weight is 229 g/mol. The lowest BCUT2D eigenvalue weighted by Crippen LogP contribution is -2.24. The van der Waals surface area contributed by atoms with Crippen molar-refractivity contribution in [3.8, 4) is 11.8 Å². The van der Waals surface area contributed by atoms with Crippen molar-refractivity contribution < 1.29 is 9.53 Å². The summed E-state index contributed by atoms with van der Waals surface area (Å²) < 4.78 is 3.06. The largest absolute Gasteiger partial charge is 0.450 e. The zero-order valence-corrected chi connectivity index (χ0v) is 8.63. The lowest BCUT2D eigenvalue weighted by atomic mass is 10.5. The van der Waals surface area contributed by atoms with Crippen molar-refractivity contribution in [2.75, 3.05) is 12.5 Å². The van der Waals surface area contributed by atoms with Crippen LogP contribution in [0.15, 0.2) is 0 Å². The van der Waals surface area contributed by atoms with Gasteiger partial charge in [-0.15, -0.1) is 11.6 Å². The average Bonchev–Trinajstić information content (AvgIpc) is 1.96. The van der Waals surface area contributed by atoms with Gasteiger partial charge in [0.15, 0.2) is 6.61 Å². The summed E-state index contributed by atoms with van der Waals surface area (Å²) in [4.78, 5) is 10.8. The van der Waals surface area contributed by atoms with Gasteiger partial charge in [-0.25, -0.2) is 4.79 Å². The van der Waals surface area contributed by atoms with Crippen molar-refractivity contribution in [1.82, 2.24) is 0 Å². The summed E-state index contributed by atoms with van der Waals surface area (Å²) in [7, 11) is 0. The van der Waals surface area contributed by atoms with E-state index >= 15 is 0 Å². The van der Waals surface area contributed by atoms with Gasteiger partial charge in [0.1, 0.15) is 0 Å². The predicted octanol–water partition coefficient (Wildman–Crippen LogP) is 1.97. The Balaban J connectivity index is 3.73. The number of esters is 1. The van der Waals surface area contributed by atoms with Gasteiger partial charge in [-0.2, -0.15) is 0 Å². The molecule has 0 aromatic rings. The molecule has 12 heavy (non-hydrogen) atoms. The number of carbonyl (C=O) groups excluding carboxylic acids is 1. The predicted molar refractivity (Wildman–Crippen MR) is 49.6 cm³/mol. The summed E-state index contributed by atoms with van der Waals surface area (Å²) in [5, 5.41) is 0. The summed E-state index contributed by atoms with van der Waals surface area (Å²) in [6.07, 6.45) is 0. The third-order valence-corrected chi connectivity index (χ3v) is 1.27. The molecular formula is C7H7Cl3O2. The number of alkyl halides is 3. The molecule has 0 rings (SSSR count). The minimum absolute atomic E-state index is 0.0411. The molecule has 0 aliphatic carbocycles. The maximum atomic E-state index is 10.8. The lowest BCUT2D eigenvalue weighted by molar-refractivity contribution is -0.142. The highest BCUT2D eigenvalue weighted by molar-refractivity contribution is 6.57. The summed E-state index contributed by atoms with van der Waals surface area (Å²) in [6, 6.07) is 0. The van der Waals surface area contributed by atoms with Gasteiger partial charge in [-0.3, -0.25) is 0 Å². The van der Waals surface area contributed by atoms with Gasteiger partial charge in [-0.05, 0) is 6.92 Å². The molecule has 0 N–H and O–H groups in total. The molecule has 0 saturated carbocycles. The van der Waals surface area contributed by atoms with Gasteiger partial charge in [0.25, 0.3) is 0 Å². The van der Waals surface area contributed by atoms with E-state index in [1.807, 2.05) is 0 Å². The van der Waals surface area contributed by atoms with E-state index < -0.39 is 10.3 Å². The Morgan fingerprint density at radius 3 is 2.50 bits per heavy atom. The molecule has 0 aromatic carbocycles. The summed E-state index contributed by atoms with van der Waals surface area (Å²) in [5.41, 5.74) is 0. The second-order valence-electron chi connectivity index (χ2n) is 1.95. The Morgan fingerprint density at radius 1 is 1.50 bits per heavy atom. The highest BCUT2D eigenvalue weighted by atomic mass is 35.5. The van der Waals surface area contributed by atoms with Crippen molar-refractivity contribution in [2.24, 2.45) is 0 Å². The molecular weight excluding hydrogens is 222 g/mol. The fourth-order valence-corrected chi connectivity index (χ4v) is 0.530. The Labute approximate surface area is 86.1 Å². The molecule has 0 fully saturated rings. The normalized spacial score (nSPS) is 10.0. The van der Waals surface area contributed by atoms with Crippen LogP contribution in [0.2, 0.25) is 0 Å². The van der Waals surface area contributed by atoms with E-state index in [1.165, 1.54) is 6.92 Å². The van der Waals surface area contributed by atoms with Crippen molar-refractivity contribution >= 4 is 40.8 Å². The minimum atomic E-state index is -1.51. The first-order valence-corrected chi connectivity index (χ1v) is 4.34. The molecule has 0 aliphatic rings. The first-order valence-electron chi connectivity index (χ1n) is 3.05. The van der Waals surface area contributed by atoms with Crippen molar-refractivity contribution in [2.45, 2.75) is 11.3 Å². The topological polar surface area (TPSA) is 26.3 Å². The van der Waals surface area contributed by atoms with Crippen LogP contribution in [0.3, 0.4) is 0 Å². The fraction of sp³-hybridized carbons (Fsp3) is 0.571. The molecule has 0 aromatic heterocycles. The van der Waals surface area contributed by atoms with Crippen molar-refractivity contribution in [3.05, 3.63) is 0 Å². The number of rotatable bonds is 2. The molecule has 0 radical (unpaired) electrons. The third-order valence-electron chi connectivity index (χ3n) is 0.826. The molecule has 0 unspecified atom stereocenters. The van der Waals surface area contributed by atoms with Gasteiger partial charge in [-0.1, -0.05) is 35.0 Å². The Hall–Kier alpha value is -0.100. The van der Waals surface area contributed by atoms with Crippen LogP contribution in [-0.2, 0) is 9.53 Å². The number of hydrogen-bond acceptors (Lipinski definition) is 2.